The summed E-state index contributed by atoms with van der Waals surface area (Å²) in [5, 5.41) is 0. The van der Waals surface area contributed by atoms with E-state index in [0.717, 1.165) is 44.7 Å². The van der Waals surface area contributed by atoms with Crippen LogP contribution < -0.4 is 0 Å². The number of hydrogen-bond acceptors (Lipinski definition) is 4. The molecule has 1 aliphatic rings. The molecule has 0 aromatic rings. The molecule has 0 saturated heterocycles. The Balaban J connectivity index is 2.33. The van der Waals surface area contributed by atoms with E-state index in [1.54, 1.807) is 0 Å². The van der Waals surface area contributed by atoms with Crippen LogP contribution in [-0.2, 0) is 14.3 Å². The van der Waals surface area contributed by atoms with Crippen LogP contribution >= 0.6 is 0 Å². The summed E-state index contributed by atoms with van der Waals surface area (Å²) in [5.41, 5.74) is 0. The lowest BCUT2D eigenvalue weighted by atomic mass is 9.84. The van der Waals surface area contributed by atoms with Crippen molar-refractivity contribution in [1.82, 2.24) is 0 Å². The molecule has 1 atom stereocenters. The van der Waals surface area contributed by atoms with E-state index in [-0.39, 0.29) is 11.7 Å². The summed E-state index contributed by atoms with van der Waals surface area (Å²) in [6.45, 7) is 6.15. The second-order valence-electron chi connectivity index (χ2n) is 5.05. The van der Waals surface area contributed by atoms with Crippen LogP contribution in [0.1, 0.15) is 51.9 Å². The first-order valence-electron chi connectivity index (χ1n) is 7.22. The van der Waals surface area contributed by atoms with E-state index in [2.05, 4.69) is 11.9 Å². The normalized spacial score (nSPS) is 18.4. The van der Waals surface area contributed by atoms with Gasteiger partial charge in [0, 0.05) is 5.92 Å². The molecule has 0 N–H and O–H groups in total. The largest absolute Gasteiger partial charge is 0.461 e. The van der Waals surface area contributed by atoms with Crippen molar-refractivity contribution < 1.29 is 14.3 Å². The van der Waals surface area contributed by atoms with Crippen molar-refractivity contribution in [2.24, 2.45) is 10.9 Å². The molecule has 0 spiro atoms. The first-order valence-corrected chi connectivity index (χ1v) is 7.22. The molecule has 4 heteroatoms. The second kappa shape index (κ2) is 8.83. The third kappa shape index (κ3) is 5.99. The van der Waals surface area contributed by atoms with Crippen LogP contribution in [0.2, 0.25) is 0 Å². The number of ether oxygens (including phenoxy) is 1. The average Bonchev–Trinajstić information content (AvgIpc) is 2.45. The van der Waals surface area contributed by atoms with Crippen molar-refractivity contribution in [2.75, 3.05) is 6.61 Å². The van der Waals surface area contributed by atoms with Gasteiger partial charge in [-0.25, -0.2) is 4.79 Å². The van der Waals surface area contributed by atoms with Crippen molar-refractivity contribution in [1.29, 1.82) is 0 Å². The van der Waals surface area contributed by atoms with E-state index >= 15 is 0 Å². The Kier molecular flexibility index (Phi) is 7.38. The van der Waals surface area contributed by atoms with Gasteiger partial charge < -0.3 is 4.74 Å². The first-order chi connectivity index (χ1) is 9.15. The van der Waals surface area contributed by atoms with Gasteiger partial charge in [0.15, 0.2) is 5.78 Å². The summed E-state index contributed by atoms with van der Waals surface area (Å²) in [5.74, 6) is -0.361. The van der Waals surface area contributed by atoms with Gasteiger partial charge >= 0.3 is 5.97 Å². The molecule has 1 fully saturated rings. The van der Waals surface area contributed by atoms with Gasteiger partial charge in [-0.3, -0.25) is 9.79 Å². The Hall–Kier alpha value is -1.19. The average molecular weight is 266 g/mol. The van der Waals surface area contributed by atoms with E-state index in [1.165, 1.54) is 6.42 Å². The first kappa shape index (κ1) is 15.9. The molecule has 0 aromatic carbocycles. The minimum Gasteiger partial charge on any atom is -0.461 e. The molecule has 0 amide bonds. The predicted octanol–water partition coefficient (Wildman–Crippen LogP) is 2.75. The number of carbonyl (C=O) groups excluding carboxylic acids is 2. The van der Waals surface area contributed by atoms with Crippen LogP contribution in [-0.4, -0.2) is 30.6 Å². The molecule has 4 nitrogen and oxygen atoms in total. The number of nitrogens with zero attached hydrogens (tertiary/aromatic N) is 1. The van der Waals surface area contributed by atoms with E-state index in [1.807, 2.05) is 6.92 Å². The third-order valence-corrected chi connectivity index (χ3v) is 3.44. The number of rotatable bonds is 7. The zero-order chi connectivity index (χ0) is 14.1. The van der Waals surface area contributed by atoms with E-state index < -0.39 is 12.0 Å². The summed E-state index contributed by atoms with van der Waals surface area (Å²) in [4.78, 5) is 27.3. The molecular weight excluding hydrogens is 242 g/mol. The van der Waals surface area contributed by atoms with E-state index in [0.29, 0.717) is 6.61 Å². The summed E-state index contributed by atoms with van der Waals surface area (Å²) in [7, 11) is 0. The standard InChI is InChI=1S/C15H24NO3/c1-3-4-10-19-14(17)11-16-12(2)15(18)13-8-6-5-7-9-13/h11-13H,2-10H2,1H3/t12-/m0/s1. The molecule has 1 radical (unpaired) electrons. The van der Waals surface area contributed by atoms with Gasteiger partial charge in [-0.1, -0.05) is 32.6 Å². The van der Waals surface area contributed by atoms with Gasteiger partial charge in [0.2, 0.25) is 0 Å². The minimum atomic E-state index is -0.679. The number of ketones is 1. The fraction of sp³-hybridized carbons (Fsp3) is 0.733. The maximum atomic E-state index is 12.0. The number of aliphatic imine (C=N–C) groups is 1. The fourth-order valence-corrected chi connectivity index (χ4v) is 2.24. The number of carbonyl (C=O) groups is 2. The molecule has 0 unspecified atom stereocenters. The van der Waals surface area contributed by atoms with Crippen molar-refractivity contribution in [3.05, 3.63) is 6.92 Å². The predicted molar refractivity (Wildman–Crippen MR) is 75.1 cm³/mol. The monoisotopic (exact) mass is 266 g/mol. The lowest BCUT2D eigenvalue weighted by molar-refractivity contribution is -0.135. The van der Waals surface area contributed by atoms with Crippen LogP contribution in [0.25, 0.3) is 0 Å². The quantitative estimate of drug-likeness (QED) is 0.404. The van der Waals surface area contributed by atoms with Crippen molar-refractivity contribution in [3.8, 4) is 0 Å². The van der Waals surface area contributed by atoms with Crippen molar-refractivity contribution in [2.45, 2.75) is 57.9 Å². The van der Waals surface area contributed by atoms with Gasteiger partial charge in [0.05, 0.1) is 6.61 Å². The van der Waals surface area contributed by atoms with Crippen LogP contribution in [0, 0.1) is 12.8 Å². The molecule has 19 heavy (non-hydrogen) atoms. The third-order valence-electron chi connectivity index (χ3n) is 3.44. The Morgan fingerprint density at radius 2 is 2.05 bits per heavy atom. The van der Waals surface area contributed by atoms with Gasteiger partial charge in [0.1, 0.15) is 12.3 Å². The summed E-state index contributed by atoms with van der Waals surface area (Å²) >= 11 is 0. The molecule has 1 aliphatic carbocycles. The fourth-order valence-electron chi connectivity index (χ4n) is 2.24. The second-order valence-corrected chi connectivity index (χ2v) is 5.05. The number of esters is 1. The Morgan fingerprint density at radius 1 is 1.37 bits per heavy atom. The highest BCUT2D eigenvalue weighted by atomic mass is 16.5. The summed E-state index contributed by atoms with van der Waals surface area (Å²) < 4.78 is 4.93. The van der Waals surface area contributed by atoms with Crippen molar-refractivity contribution in [3.63, 3.8) is 0 Å². The van der Waals surface area contributed by atoms with Crippen molar-refractivity contribution >= 4 is 18.0 Å². The van der Waals surface area contributed by atoms with Gasteiger partial charge in [-0.2, -0.15) is 0 Å². The molecule has 0 aliphatic heterocycles. The zero-order valence-corrected chi connectivity index (χ0v) is 11.8. The van der Waals surface area contributed by atoms with Crippen LogP contribution in [0.3, 0.4) is 0 Å². The Bertz CT molecular complexity index is 319. The summed E-state index contributed by atoms with van der Waals surface area (Å²) in [6.07, 6.45) is 8.18. The topological polar surface area (TPSA) is 55.7 Å². The van der Waals surface area contributed by atoms with Gasteiger partial charge in [0.25, 0.3) is 0 Å². The molecule has 1 saturated carbocycles. The molecule has 0 heterocycles. The maximum absolute atomic E-state index is 12.0. The van der Waals surface area contributed by atoms with Crippen LogP contribution in [0.15, 0.2) is 4.99 Å². The smallest absolute Gasteiger partial charge is 0.348 e. The number of Topliss-reactive ketones (excluding diaryl/α,β-unsaturated/α-hetero) is 1. The van der Waals surface area contributed by atoms with Gasteiger partial charge in [-0.15, -0.1) is 0 Å². The highest BCUT2D eigenvalue weighted by Crippen LogP contribution is 2.25. The Labute approximate surface area is 115 Å². The van der Waals surface area contributed by atoms with Crippen LogP contribution in [0.5, 0.6) is 0 Å². The molecule has 107 valence electrons. The SMILES string of the molecule is [CH2][C@H](N=CC(=O)OCCCC)C(=O)C1CCCCC1. The minimum absolute atomic E-state index is 0.0531. The number of hydrogen-bond donors (Lipinski definition) is 0. The number of unbranched alkanes of at least 4 members (excludes halogenated alkanes) is 1. The maximum Gasteiger partial charge on any atom is 0.348 e. The van der Waals surface area contributed by atoms with Crippen LogP contribution in [0.4, 0.5) is 0 Å². The highest BCUT2D eigenvalue weighted by molar-refractivity contribution is 6.23. The zero-order valence-electron chi connectivity index (χ0n) is 11.8. The lowest BCUT2D eigenvalue weighted by Gasteiger charge is -2.21. The van der Waals surface area contributed by atoms with E-state index in [4.69, 9.17) is 4.74 Å². The lowest BCUT2D eigenvalue weighted by Crippen LogP contribution is -2.27. The Morgan fingerprint density at radius 3 is 2.68 bits per heavy atom. The molecule has 1 rings (SSSR count). The molecule has 0 aromatic heterocycles. The highest BCUT2D eigenvalue weighted by Gasteiger charge is 2.24. The molecule has 0 bridgehead atoms. The van der Waals surface area contributed by atoms with E-state index in [9.17, 15) is 9.59 Å². The molecular formula is C15H24NO3. The summed E-state index contributed by atoms with van der Waals surface area (Å²) in [6, 6.07) is -0.679. The van der Waals surface area contributed by atoms with Gasteiger partial charge in [-0.05, 0) is 26.2 Å².